The van der Waals surface area contributed by atoms with Crippen molar-refractivity contribution in [3.8, 4) is 23.7 Å². The number of anilines is 1. The minimum atomic E-state index is -1.10. The molecule has 2 aromatic carbocycles. The van der Waals surface area contributed by atoms with Crippen LogP contribution in [0.4, 0.5) is 10.2 Å². The summed E-state index contributed by atoms with van der Waals surface area (Å²) in [5, 5.41) is 11.8. The minimum absolute atomic E-state index is 0.0598. The first-order valence-electron chi connectivity index (χ1n) is 11.9. The molecular weight excluding hydrogens is 501 g/mol. The normalized spacial score (nSPS) is 21.0. The third-order valence-electron chi connectivity index (χ3n) is 6.68. The highest BCUT2D eigenvalue weighted by Gasteiger charge is 2.38. The van der Waals surface area contributed by atoms with Crippen molar-refractivity contribution in [2.24, 2.45) is 0 Å². The molecule has 192 valence electrons. The Labute approximate surface area is 218 Å². The van der Waals surface area contributed by atoms with Gasteiger partial charge in [-0.05, 0) is 18.4 Å². The standard InChI is InChI=1S/C26H25ClFN5O4/c1-15-22(18-7-3-5-16-6-4-8-19(27)21(16)18)37-25-23(36-15)24(30-26(31-25)35-2)32-11-12-33(20(34)13-28)17(14-32)9-10-29/h3-8,15,17,22H,9,11-14H2,1-2H3/t15-,17+,22?/m1/s1. The summed E-state index contributed by atoms with van der Waals surface area (Å²) in [6, 6.07) is 13.3. The lowest BCUT2D eigenvalue weighted by atomic mass is 9.97. The van der Waals surface area contributed by atoms with Gasteiger partial charge in [0.15, 0.2) is 18.6 Å². The zero-order valence-corrected chi connectivity index (χ0v) is 21.1. The van der Waals surface area contributed by atoms with Gasteiger partial charge in [0, 0.05) is 35.6 Å². The van der Waals surface area contributed by atoms with Gasteiger partial charge in [0.2, 0.25) is 5.75 Å². The van der Waals surface area contributed by atoms with E-state index < -0.39 is 30.8 Å². The molecule has 0 bridgehead atoms. The molecule has 0 N–H and O–H groups in total. The lowest BCUT2D eigenvalue weighted by molar-refractivity contribution is -0.134. The van der Waals surface area contributed by atoms with Gasteiger partial charge in [-0.1, -0.05) is 41.9 Å². The molecule has 11 heteroatoms. The van der Waals surface area contributed by atoms with Crippen molar-refractivity contribution in [1.29, 1.82) is 5.26 Å². The van der Waals surface area contributed by atoms with E-state index in [0.717, 1.165) is 16.3 Å². The Balaban J connectivity index is 1.52. The van der Waals surface area contributed by atoms with Gasteiger partial charge >= 0.3 is 6.01 Å². The molecule has 3 atom stereocenters. The number of fused-ring (bicyclic) bond motifs is 2. The average molecular weight is 526 g/mol. The predicted molar refractivity (Wildman–Crippen MR) is 135 cm³/mol. The summed E-state index contributed by atoms with van der Waals surface area (Å²) < 4.78 is 31.2. The summed E-state index contributed by atoms with van der Waals surface area (Å²) in [5.74, 6) is 0.357. The number of benzene rings is 2. The Bertz CT molecular complexity index is 1380. The van der Waals surface area contributed by atoms with Crippen molar-refractivity contribution in [3.63, 3.8) is 0 Å². The Morgan fingerprint density at radius 3 is 2.76 bits per heavy atom. The van der Waals surface area contributed by atoms with Crippen LogP contribution < -0.4 is 19.1 Å². The van der Waals surface area contributed by atoms with Gasteiger partial charge in [-0.2, -0.15) is 15.2 Å². The summed E-state index contributed by atoms with van der Waals surface area (Å²) in [4.78, 5) is 24.3. The first-order chi connectivity index (χ1) is 17.9. The number of nitriles is 1. The molecule has 5 rings (SSSR count). The van der Waals surface area contributed by atoms with Crippen molar-refractivity contribution in [3.05, 3.63) is 47.0 Å². The number of rotatable bonds is 5. The fourth-order valence-corrected chi connectivity index (χ4v) is 5.25. The molecule has 2 aliphatic heterocycles. The lowest BCUT2D eigenvalue weighted by Gasteiger charge is -2.42. The van der Waals surface area contributed by atoms with Gasteiger partial charge in [0.25, 0.3) is 11.8 Å². The average Bonchev–Trinajstić information content (AvgIpc) is 2.92. The highest BCUT2D eigenvalue weighted by molar-refractivity contribution is 6.35. The van der Waals surface area contributed by atoms with E-state index in [-0.39, 0.29) is 31.4 Å². The molecule has 1 aromatic heterocycles. The summed E-state index contributed by atoms with van der Waals surface area (Å²) in [5.41, 5.74) is 0.868. The van der Waals surface area contributed by atoms with Crippen LogP contribution in [0.2, 0.25) is 5.02 Å². The van der Waals surface area contributed by atoms with E-state index >= 15 is 0 Å². The van der Waals surface area contributed by atoms with E-state index in [0.29, 0.717) is 23.1 Å². The van der Waals surface area contributed by atoms with E-state index in [1.165, 1.54) is 12.0 Å². The number of hydrogen-bond acceptors (Lipinski definition) is 8. The summed E-state index contributed by atoms with van der Waals surface area (Å²) in [6.07, 6.45) is -0.868. The van der Waals surface area contributed by atoms with Crippen LogP contribution in [0.5, 0.6) is 17.6 Å². The Morgan fingerprint density at radius 2 is 2.03 bits per heavy atom. The second-order valence-corrected chi connectivity index (χ2v) is 9.30. The third kappa shape index (κ3) is 4.55. The topological polar surface area (TPSA) is 101 Å². The van der Waals surface area contributed by atoms with Crippen molar-refractivity contribution < 1.29 is 23.4 Å². The number of hydrogen-bond donors (Lipinski definition) is 0. The first-order valence-corrected chi connectivity index (χ1v) is 12.3. The number of amides is 1. The summed E-state index contributed by atoms with van der Waals surface area (Å²) >= 11 is 6.56. The zero-order valence-electron chi connectivity index (χ0n) is 20.4. The number of ether oxygens (including phenoxy) is 3. The van der Waals surface area contributed by atoms with E-state index in [9.17, 15) is 14.4 Å². The van der Waals surface area contributed by atoms with Crippen LogP contribution in [0.15, 0.2) is 36.4 Å². The maximum atomic E-state index is 13.1. The number of aromatic nitrogens is 2. The van der Waals surface area contributed by atoms with Crippen LogP contribution in [0.3, 0.4) is 0 Å². The maximum Gasteiger partial charge on any atom is 0.321 e. The number of piperazine rings is 1. The Morgan fingerprint density at radius 1 is 1.24 bits per heavy atom. The van der Waals surface area contributed by atoms with Crippen molar-refractivity contribution in [2.75, 3.05) is 38.3 Å². The van der Waals surface area contributed by atoms with Gasteiger partial charge in [0.05, 0.1) is 25.6 Å². The number of methoxy groups -OCH3 is 1. The quantitative estimate of drug-likeness (QED) is 0.491. The van der Waals surface area contributed by atoms with Crippen molar-refractivity contribution in [2.45, 2.75) is 31.6 Å². The molecule has 0 spiro atoms. The van der Waals surface area contributed by atoms with Gasteiger partial charge in [0.1, 0.15) is 6.10 Å². The lowest BCUT2D eigenvalue weighted by Crippen LogP contribution is -2.56. The maximum absolute atomic E-state index is 13.1. The van der Waals surface area contributed by atoms with Gasteiger partial charge in [-0.3, -0.25) is 4.79 Å². The van der Waals surface area contributed by atoms with Gasteiger partial charge in [-0.25, -0.2) is 4.39 Å². The van der Waals surface area contributed by atoms with Crippen LogP contribution in [0, 0.1) is 11.3 Å². The number of carbonyl (C=O) groups is 1. The first kappa shape index (κ1) is 24.8. The second kappa shape index (κ2) is 10.3. The number of halogens is 2. The molecule has 2 aliphatic rings. The molecule has 0 aliphatic carbocycles. The van der Waals surface area contributed by atoms with E-state index in [4.69, 9.17) is 25.8 Å². The SMILES string of the molecule is COc1nc2c(c(N3CCN(C(=O)CF)[C@@H](CC#N)C3)n1)O[C@H](C)C(c1cccc3cccc(Cl)c13)O2. The Hall–Kier alpha value is -3.84. The number of alkyl halides is 1. The summed E-state index contributed by atoms with van der Waals surface area (Å²) in [6.45, 7) is 1.66. The number of carbonyl (C=O) groups excluding carboxylic acids is 1. The highest BCUT2D eigenvalue weighted by atomic mass is 35.5. The van der Waals surface area contributed by atoms with Crippen LogP contribution in [0.1, 0.15) is 25.0 Å². The fourth-order valence-electron chi connectivity index (χ4n) is 4.96. The molecule has 3 heterocycles. The van der Waals surface area contributed by atoms with E-state index in [1.54, 1.807) is 0 Å². The van der Waals surface area contributed by atoms with Crippen molar-refractivity contribution >= 4 is 34.1 Å². The molecule has 37 heavy (non-hydrogen) atoms. The summed E-state index contributed by atoms with van der Waals surface area (Å²) in [7, 11) is 1.45. The molecule has 0 saturated carbocycles. The highest BCUT2D eigenvalue weighted by Crippen LogP contribution is 2.46. The molecule has 1 amide bonds. The van der Waals surface area contributed by atoms with Crippen LogP contribution >= 0.6 is 11.6 Å². The van der Waals surface area contributed by atoms with Gasteiger partial charge in [-0.15, -0.1) is 0 Å². The predicted octanol–water partition coefficient (Wildman–Crippen LogP) is 4.09. The van der Waals surface area contributed by atoms with Crippen LogP contribution in [-0.2, 0) is 4.79 Å². The molecule has 0 radical (unpaired) electrons. The van der Waals surface area contributed by atoms with Crippen molar-refractivity contribution in [1.82, 2.24) is 14.9 Å². The smallest absolute Gasteiger partial charge is 0.321 e. The number of nitrogens with zero attached hydrogens (tertiary/aromatic N) is 5. The third-order valence-corrected chi connectivity index (χ3v) is 7.00. The van der Waals surface area contributed by atoms with Crippen LogP contribution in [0.25, 0.3) is 10.8 Å². The molecular formula is C26H25ClFN5O4. The molecule has 9 nitrogen and oxygen atoms in total. The molecule has 1 unspecified atom stereocenters. The second-order valence-electron chi connectivity index (χ2n) is 8.90. The largest absolute Gasteiger partial charge is 0.478 e. The molecule has 1 saturated heterocycles. The fraction of sp³-hybridized carbons (Fsp3) is 0.385. The Kier molecular flexibility index (Phi) is 6.89. The molecule has 3 aromatic rings. The van der Waals surface area contributed by atoms with Crippen LogP contribution in [-0.4, -0.2) is 66.3 Å². The van der Waals surface area contributed by atoms with Gasteiger partial charge < -0.3 is 24.0 Å². The molecule has 1 fully saturated rings. The van der Waals surface area contributed by atoms with E-state index in [2.05, 4.69) is 16.0 Å². The van der Waals surface area contributed by atoms with E-state index in [1.807, 2.05) is 48.2 Å². The monoisotopic (exact) mass is 525 g/mol. The zero-order chi connectivity index (χ0) is 26.1. The minimum Gasteiger partial charge on any atom is -0.478 e.